The SMILES string of the molecule is C=C1C[C@]23C[C@@]1(O)CC[C@H]2[C@@]12C=C[C@H](O)[C@@](C)(C(=O)O1)[C@H]2[C@@H]3C(=O)O.C=C1C[C@]23C[C@@]1(O)CC[C@H]2[C@@]12C=C[C@H](O)[C@@](C)(C(=O)O1)[C@H]2[C@@H]3C(=O)O. The molecule has 0 amide bonds. The molecule has 0 aromatic carbocycles. The number of rotatable bonds is 2. The molecule has 0 aromatic heterocycles. The van der Waals surface area contributed by atoms with E-state index in [9.17, 15) is 49.8 Å². The van der Waals surface area contributed by atoms with Gasteiger partial charge in [-0.15, -0.1) is 0 Å². The smallest absolute Gasteiger partial charge is 0.316 e. The van der Waals surface area contributed by atoms with E-state index in [1.54, 1.807) is 38.2 Å². The molecule has 2 spiro atoms. The van der Waals surface area contributed by atoms with Crippen LogP contribution in [0, 0.1) is 57.2 Å². The van der Waals surface area contributed by atoms with Gasteiger partial charge >= 0.3 is 23.9 Å². The molecule has 16 atom stereocenters. The summed E-state index contributed by atoms with van der Waals surface area (Å²) in [5.41, 5.74) is -6.59. The molecule has 0 unspecified atom stereocenters. The fourth-order valence-corrected chi connectivity index (χ4v) is 14.3. The number of aliphatic carboxylic acids is 2. The summed E-state index contributed by atoms with van der Waals surface area (Å²) < 4.78 is 11.7. The van der Waals surface area contributed by atoms with Gasteiger partial charge in [0.2, 0.25) is 0 Å². The van der Waals surface area contributed by atoms with Crippen molar-refractivity contribution in [2.45, 2.75) is 99.8 Å². The molecule has 2 saturated heterocycles. The zero-order valence-corrected chi connectivity index (χ0v) is 28.1. The largest absolute Gasteiger partial charge is 0.481 e. The number of carboxylic acids is 2. The van der Waals surface area contributed by atoms with E-state index >= 15 is 0 Å². The van der Waals surface area contributed by atoms with Crippen molar-refractivity contribution < 1.29 is 59.3 Å². The fourth-order valence-electron chi connectivity index (χ4n) is 14.3. The predicted molar refractivity (Wildman–Crippen MR) is 170 cm³/mol. The standard InChI is InChI=1S/2C19H22O6/c2*1-9-7-17-8-18(9,24)5-3-10(17)19-6-4-11(20)16(2,15(23)25-19)13(19)12(17)14(21)22/h2*4,6,10-13,20,24H,1,3,5,7-8H2,2H3,(H,21,22)/t2*10-,11+,12-,13-,16-,17+,18+,19-/m11/s1. The van der Waals surface area contributed by atoms with Crippen LogP contribution in [0.1, 0.15) is 65.2 Å². The minimum absolute atomic E-state index is 0.180. The van der Waals surface area contributed by atoms with E-state index in [1.165, 1.54) is 0 Å². The van der Waals surface area contributed by atoms with Gasteiger partial charge in [-0.2, -0.15) is 0 Å². The minimum Gasteiger partial charge on any atom is -0.481 e. The molecular formula is C38H44O12. The van der Waals surface area contributed by atoms with Gasteiger partial charge in [-0.25, -0.2) is 0 Å². The molecule has 0 radical (unpaired) electrons. The van der Waals surface area contributed by atoms with E-state index in [0.29, 0.717) is 62.5 Å². The summed E-state index contributed by atoms with van der Waals surface area (Å²) in [4.78, 5) is 50.2. The maximum atomic E-state index is 12.7. The van der Waals surface area contributed by atoms with Gasteiger partial charge in [0.1, 0.15) is 22.0 Å². The molecule has 10 rings (SSSR count). The normalized spacial score (nSPS) is 58.0. The number of hydrogen-bond donors (Lipinski definition) is 6. The van der Waals surface area contributed by atoms with Crippen LogP contribution in [0.3, 0.4) is 0 Å². The van der Waals surface area contributed by atoms with Crippen molar-refractivity contribution in [1.82, 2.24) is 0 Å². The van der Waals surface area contributed by atoms with Gasteiger partial charge < -0.3 is 40.1 Å². The molecule has 2 heterocycles. The quantitative estimate of drug-likeness (QED) is 0.182. The van der Waals surface area contributed by atoms with Gasteiger partial charge in [-0.05, 0) is 99.3 Å². The highest BCUT2D eigenvalue weighted by atomic mass is 16.6. The van der Waals surface area contributed by atoms with Crippen molar-refractivity contribution in [1.29, 1.82) is 0 Å². The topological polar surface area (TPSA) is 208 Å². The van der Waals surface area contributed by atoms with Crippen molar-refractivity contribution in [3.05, 3.63) is 48.6 Å². The zero-order chi connectivity index (χ0) is 36.0. The van der Waals surface area contributed by atoms with E-state index in [2.05, 4.69) is 13.2 Å². The maximum Gasteiger partial charge on any atom is 0.316 e. The lowest BCUT2D eigenvalue weighted by atomic mass is 9.61. The monoisotopic (exact) mass is 692 g/mol. The Morgan fingerprint density at radius 3 is 1.42 bits per heavy atom. The summed E-state index contributed by atoms with van der Waals surface area (Å²) in [6.07, 6.45) is 8.23. The first-order valence-electron chi connectivity index (χ1n) is 17.7. The van der Waals surface area contributed by atoms with Crippen LogP contribution in [0.4, 0.5) is 0 Å². The summed E-state index contributed by atoms with van der Waals surface area (Å²) in [7, 11) is 0. The molecule has 8 aliphatic carbocycles. The van der Waals surface area contributed by atoms with Gasteiger partial charge in [0, 0.05) is 23.7 Å². The van der Waals surface area contributed by atoms with Gasteiger partial charge in [0.05, 0.1) is 35.2 Å². The average Bonchev–Trinajstić information content (AvgIpc) is 3.66. The first kappa shape index (κ1) is 32.6. The van der Waals surface area contributed by atoms with E-state index in [-0.39, 0.29) is 11.8 Å². The van der Waals surface area contributed by atoms with Crippen molar-refractivity contribution in [3.8, 4) is 0 Å². The molecule has 268 valence electrons. The summed E-state index contributed by atoms with van der Waals surface area (Å²) in [5.74, 6) is -6.36. The Hall–Kier alpha value is -3.32. The molecule has 12 nitrogen and oxygen atoms in total. The van der Waals surface area contributed by atoms with Gasteiger partial charge in [-0.1, -0.05) is 25.3 Å². The van der Waals surface area contributed by atoms with Crippen LogP contribution in [0.25, 0.3) is 0 Å². The Balaban J connectivity index is 0.000000135. The van der Waals surface area contributed by atoms with Crippen LogP contribution in [-0.4, -0.2) is 89.1 Å². The number of carbonyl (C=O) groups excluding carboxylic acids is 2. The third-order valence-corrected chi connectivity index (χ3v) is 16.2. The molecule has 6 saturated carbocycles. The van der Waals surface area contributed by atoms with Crippen LogP contribution < -0.4 is 0 Å². The van der Waals surface area contributed by atoms with E-state index in [1.807, 2.05) is 0 Å². The molecule has 6 N–H and O–H groups in total. The first-order chi connectivity index (χ1) is 23.2. The highest BCUT2D eigenvalue weighted by Crippen LogP contribution is 2.79. The van der Waals surface area contributed by atoms with E-state index < -0.39 is 104 Å². The molecule has 0 aromatic rings. The third kappa shape index (κ3) is 3.14. The third-order valence-electron chi connectivity index (χ3n) is 16.2. The van der Waals surface area contributed by atoms with Crippen LogP contribution in [0.15, 0.2) is 48.6 Å². The highest BCUT2D eigenvalue weighted by Gasteiger charge is 2.85. The summed E-state index contributed by atoms with van der Waals surface area (Å²) in [6.45, 7) is 11.3. The van der Waals surface area contributed by atoms with Crippen molar-refractivity contribution in [3.63, 3.8) is 0 Å². The summed E-state index contributed by atoms with van der Waals surface area (Å²) >= 11 is 0. The van der Waals surface area contributed by atoms with Crippen LogP contribution in [0.5, 0.6) is 0 Å². The first-order valence-corrected chi connectivity index (χ1v) is 17.7. The fraction of sp³-hybridized carbons (Fsp3) is 0.684. The van der Waals surface area contributed by atoms with Crippen LogP contribution in [0.2, 0.25) is 0 Å². The average molecular weight is 693 g/mol. The maximum absolute atomic E-state index is 12.7. The molecule has 8 fully saturated rings. The highest BCUT2D eigenvalue weighted by molar-refractivity contribution is 5.87. The van der Waals surface area contributed by atoms with Crippen molar-refractivity contribution >= 4 is 23.9 Å². The number of fused-ring (bicyclic) bond motifs is 2. The van der Waals surface area contributed by atoms with Gasteiger partial charge in [0.15, 0.2) is 0 Å². The number of hydrogen-bond acceptors (Lipinski definition) is 10. The van der Waals surface area contributed by atoms with Gasteiger partial charge in [-0.3, -0.25) is 19.2 Å². The van der Waals surface area contributed by atoms with Gasteiger partial charge in [0.25, 0.3) is 0 Å². The molecule has 12 heteroatoms. The minimum atomic E-state index is -1.27. The second-order valence-electron chi connectivity index (χ2n) is 17.9. The lowest BCUT2D eigenvalue weighted by Gasteiger charge is -2.44. The van der Waals surface area contributed by atoms with Crippen LogP contribution >= 0.6 is 0 Å². The Labute approximate surface area is 288 Å². The lowest BCUT2D eigenvalue weighted by molar-refractivity contribution is -0.165. The summed E-state index contributed by atoms with van der Waals surface area (Å²) in [6, 6.07) is 0. The van der Waals surface area contributed by atoms with Crippen molar-refractivity contribution in [2.75, 3.05) is 0 Å². The molecular weight excluding hydrogens is 648 g/mol. The number of aliphatic hydroxyl groups is 4. The zero-order valence-electron chi connectivity index (χ0n) is 28.1. The van der Waals surface area contributed by atoms with E-state index in [4.69, 9.17) is 9.47 Å². The Bertz CT molecular complexity index is 1670. The Morgan fingerprint density at radius 2 is 1.08 bits per heavy atom. The number of carboxylic acid groups (broad SMARTS) is 2. The second-order valence-corrected chi connectivity index (χ2v) is 17.9. The van der Waals surface area contributed by atoms with E-state index in [0.717, 1.165) is 0 Å². The van der Waals surface area contributed by atoms with Crippen molar-refractivity contribution in [2.24, 2.45) is 57.2 Å². The number of esters is 2. The molecule has 8 bridgehead atoms. The number of aliphatic hydroxyl groups excluding tert-OH is 2. The summed E-state index contributed by atoms with van der Waals surface area (Å²) in [5, 5.41) is 63.2. The molecule has 50 heavy (non-hydrogen) atoms. The number of carbonyl (C=O) groups is 4. The number of ether oxygens (including phenoxy) is 2. The predicted octanol–water partition coefficient (Wildman–Crippen LogP) is 2.05. The Kier molecular flexibility index (Phi) is 5.86. The Morgan fingerprint density at radius 1 is 0.720 bits per heavy atom. The lowest BCUT2D eigenvalue weighted by Crippen LogP contribution is -2.50. The second kappa shape index (κ2) is 9.00. The molecule has 10 aliphatic rings. The van der Waals surface area contributed by atoms with Crippen LogP contribution in [-0.2, 0) is 28.7 Å². The molecule has 2 aliphatic heterocycles.